The van der Waals surface area contributed by atoms with Crippen molar-refractivity contribution in [2.75, 3.05) is 12.3 Å². The van der Waals surface area contributed by atoms with E-state index in [0.717, 1.165) is 11.0 Å². The van der Waals surface area contributed by atoms with Crippen molar-refractivity contribution < 1.29 is 58.6 Å². The van der Waals surface area contributed by atoms with Crippen molar-refractivity contribution in [3.63, 3.8) is 0 Å². The van der Waals surface area contributed by atoms with Crippen molar-refractivity contribution >= 4 is 11.6 Å². The number of hydrogen-bond acceptors (Lipinski definition) is 8. The van der Waals surface area contributed by atoms with E-state index in [1.165, 1.54) is 19.1 Å². The van der Waals surface area contributed by atoms with Gasteiger partial charge in [0.25, 0.3) is 17.7 Å². The molecule has 0 fully saturated rings. The number of aryl methyl sites for hydroxylation is 1. The van der Waals surface area contributed by atoms with Gasteiger partial charge in [-0.2, -0.15) is 26.3 Å². The lowest BCUT2D eigenvalue weighted by molar-refractivity contribution is -0.277. The molecule has 0 aliphatic carbocycles. The molecule has 0 saturated carbocycles. The third-order valence-corrected chi connectivity index (χ3v) is 6.60. The first-order valence-corrected chi connectivity index (χ1v) is 12.5. The fourth-order valence-corrected chi connectivity index (χ4v) is 4.47. The van der Waals surface area contributed by atoms with Crippen molar-refractivity contribution in [1.82, 2.24) is 20.1 Å². The molecule has 3 aromatic rings. The predicted octanol–water partition coefficient (Wildman–Crippen LogP) is 5.91. The number of carbonyl (C=O) groups is 1. The summed E-state index contributed by atoms with van der Waals surface area (Å²) in [6.07, 6.45) is -16.7. The summed E-state index contributed by atoms with van der Waals surface area (Å²) in [6, 6.07) is 3.71. The molecule has 3 N–H and O–H groups in total. The van der Waals surface area contributed by atoms with Crippen LogP contribution in [0.1, 0.15) is 58.8 Å². The maximum Gasteiger partial charge on any atom is 0.573 e. The zero-order valence-corrected chi connectivity index (χ0v) is 22.0. The molecule has 4 rings (SSSR count). The van der Waals surface area contributed by atoms with Gasteiger partial charge in [0.15, 0.2) is 5.69 Å². The van der Waals surface area contributed by atoms with Gasteiger partial charge in [-0.3, -0.25) is 4.79 Å². The van der Waals surface area contributed by atoms with Crippen LogP contribution in [0.15, 0.2) is 28.7 Å². The smallest absolute Gasteiger partial charge is 0.416 e. The van der Waals surface area contributed by atoms with E-state index in [2.05, 4.69) is 19.9 Å². The first kappa shape index (κ1) is 31.8. The van der Waals surface area contributed by atoms with Crippen LogP contribution in [0, 0.1) is 6.92 Å². The number of aliphatic hydroxyl groups is 1. The third-order valence-electron chi connectivity index (χ3n) is 6.60. The number of pyridine rings is 1. The van der Waals surface area contributed by atoms with E-state index in [0.29, 0.717) is 6.07 Å². The zero-order chi connectivity index (χ0) is 32.0. The number of halogens is 9. The molecule has 2 aromatic heterocycles. The van der Waals surface area contributed by atoms with Crippen LogP contribution in [0.25, 0.3) is 11.6 Å². The minimum atomic E-state index is -5.28. The Labute approximate surface area is 236 Å². The molecule has 4 bridgehead atoms. The highest BCUT2D eigenvalue weighted by molar-refractivity contribution is 5.95. The second-order valence-electron chi connectivity index (χ2n) is 9.78. The highest BCUT2D eigenvalue weighted by atomic mass is 19.4. The van der Waals surface area contributed by atoms with Crippen molar-refractivity contribution in [3.8, 4) is 17.3 Å². The molecule has 1 atom stereocenters. The number of nitrogens with zero attached hydrogens (tertiary/aromatic N) is 4. The maximum absolute atomic E-state index is 14.0. The van der Waals surface area contributed by atoms with Gasteiger partial charge in [0.2, 0.25) is 5.60 Å². The second kappa shape index (κ2) is 11.2. The van der Waals surface area contributed by atoms with Gasteiger partial charge < -0.3 is 24.9 Å². The Morgan fingerprint density at radius 3 is 2.33 bits per heavy atom. The first-order chi connectivity index (χ1) is 19.8. The monoisotopic (exact) mass is 627 g/mol. The van der Waals surface area contributed by atoms with Crippen LogP contribution < -0.4 is 10.5 Å². The van der Waals surface area contributed by atoms with Gasteiger partial charge in [-0.15, -0.1) is 23.4 Å². The Hall–Kier alpha value is -4.09. The molecule has 43 heavy (non-hydrogen) atoms. The molecule has 0 spiro atoms. The van der Waals surface area contributed by atoms with Crippen LogP contribution in [-0.4, -0.2) is 50.2 Å². The summed E-state index contributed by atoms with van der Waals surface area (Å²) in [6.45, 7) is 0.577. The lowest BCUT2D eigenvalue weighted by atomic mass is 9.95. The number of ether oxygens (including phenoxy) is 1. The fourth-order valence-electron chi connectivity index (χ4n) is 4.47. The molecule has 3 heterocycles. The van der Waals surface area contributed by atoms with E-state index < -0.39 is 83.4 Å². The molecule has 0 unspecified atom stereocenters. The molecule has 234 valence electrons. The summed E-state index contributed by atoms with van der Waals surface area (Å²) in [4.78, 5) is 18.2. The minimum absolute atomic E-state index is 0.00637. The van der Waals surface area contributed by atoms with Gasteiger partial charge in [0.05, 0.1) is 11.3 Å². The number of rotatable bonds is 3. The number of nitrogens with two attached hydrogens (primary N) is 1. The van der Waals surface area contributed by atoms with E-state index >= 15 is 0 Å². The van der Waals surface area contributed by atoms with Crippen LogP contribution in [0.2, 0.25) is 0 Å². The normalized spacial score (nSPS) is 18.9. The summed E-state index contributed by atoms with van der Waals surface area (Å²) < 4.78 is 131. The van der Waals surface area contributed by atoms with Gasteiger partial charge in [-0.05, 0) is 49.4 Å². The number of aromatic nitrogens is 3. The van der Waals surface area contributed by atoms with Crippen LogP contribution in [0.3, 0.4) is 0 Å². The Morgan fingerprint density at radius 2 is 1.72 bits per heavy atom. The standard InChI is InChI=1S/C25H22F9N5O4/c1-12-9-13(5-6-16(12)43-25(32,33)34)11-39-8-4-2-3-7-22(41,24(29,30)31)21-38-37-19(42-21)18-15(35)10-14(23(26,27)28)17(36-18)20(39)40/h5-6,9-10,41H,2-4,7-8,11,35H2,1H3/t22-/m1/s1. The van der Waals surface area contributed by atoms with Gasteiger partial charge in [0.1, 0.15) is 11.4 Å². The second-order valence-corrected chi connectivity index (χ2v) is 9.78. The molecule has 18 heteroatoms. The van der Waals surface area contributed by atoms with Crippen molar-refractivity contribution in [2.24, 2.45) is 0 Å². The summed E-state index contributed by atoms with van der Waals surface area (Å²) in [5, 5.41) is 17.1. The molecular formula is C25H22F9N5O4. The van der Waals surface area contributed by atoms with Crippen LogP contribution in [0.4, 0.5) is 45.2 Å². The van der Waals surface area contributed by atoms with E-state index in [1.54, 1.807) is 0 Å². The highest BCUT2D eigenvalue weighted by Crippen LogP contribution is 2.44. The number of nitrogen functional groups attached to an aromatic ring is 1. The number of alkyl halides is 9. The van der Waals surface area contributed by atoms with Gasteiger partial charge in [-0.25, -0.2) is 4.98 Å². The maximum atomic E-state index is 14.0. The van der Waals surface area contributed by atoms with Crippen molar-refractivity contribution in [3.05, 3.63) is 52.5 Å². The SMILES string of the molecule is Cc1cc(CN2CCCCC[C@](O)(C(F)(F)F)c3nnc(o3)-c3nc(c(C(F)(F)F)cc3N)C2=O)ccc1OC(F)(F)F. The van der Waals surface area contributed by atoms with Gasteiger partial charge in [0, 0.05) is 13.1 Å². The molecule has 1 amide bonds. The van der Waals surface area contributed by atoms with Crippen molar-refractivity contribution in [1.29, 1.82) is 0 Å². The highest BCUT2D eigenvalue weighted by Gasteiger charge is 2.58. The van der Waals surface area contributed by atoms with E-state index in [9.17, 15) is 49.4 Å². The fraction of sp³-hybridized carbons (Fsp3) is 0.440. The predicted molar refractivity (Wildman–Crippen MR) is 128 cm³/mol. The number of amides is 1. The Bertz CT molecular complexity index is 1500. The molecule has 0 saturated heterocycles. The van der Waals surface area contributed by atoms with E-state index in [1.807, 2.05) is 0 Å². The van der Waals surface area contributed by atoms with Crippen LogP contribution in [-0.2, 0) is 18.3 Å². The van der Waals surface area contributed by atoms with Crippen molar-refractivity contribution in [2.45, 2.75) is 63.5 Å². The van der Waals surface area contributed by atoms with Crippen LogP contribution in [0.5, 0.6) is 5.75 Å². The summed E-state index contributed by atoms with van der Waals surface area (Å²) in [5.41, 5.74) is -1.92. The van der Waals surface area contributed by atoms with Gasteiger partial charge in [-0.1, -0.05) is 18.6 Å². The minimum Gasteiger partial charge on any atom is -0.416 e. The largest absolute Gasteiger partial charge is 0.573 e. The molecule has 1 aliphatic rings. The number of hydrogen-bond donors (Lipinski definition) is 2. The summed E-state index contributed by atoms with van der Waals surface area (Å²) >= 11 is 0. The van der Waals surface area contributed by atoms with E-state index in [-0.39, 0.29) is 36.9 Å². The number of fused-ring (bicyclic) bond motifs is 5. The average Bonchev–Trinajstić information content (AvgIpc) is 3.37. The topological polar surface area (TPSA) is 128 Å². The molecular weight excluding hydrogens is 605 g/mol. The Balaban J connectivity index is 1.81. The number of anilines is 1. The Morgan fingerprint density at radius 1 is 1.02 bits per heavy atom. The molecule has 0 radical (unpaired) electrons. The molecule has 1 aliphatic heterocycles. The first-order valence-electron chi connectivity index (χ1n) is 12.5. The van der Waals surface area contributed by atoms with E-state index in [4.69, 9.17) is 10.2 Å². The quantitative estimate of drug-likeness (QED) is 0.344. The third kappa shape index (κ3) is 6.78. The number of carbonyl (C=O) groups excluding carboxylic acids is 1. The number of benzene rings is 1. The van der Waals surface area contributed by atoms with Crippen LogP contribution >= 0.6 is 0 Å². The summed E-state index contributed by atoms with van der Waals surface area (Å²) in [5.74, 6) is -3.96. The summed E-state index contributed by atoms with van der Waals surface area (Å²) in [7, 11) is 0. The Kier molecular flexibility index (Phi) is 8.29. The average molecular weight is 627 g/mol. The molecule has 9 nitrogen and oxygen atoms in total. The lowest BCUT2D eigenvalue weighted by Gasteiger charge is -2.28. The van der Waals surface area contributed by atoms with Gasteiger partial charge >= 0.3 is 18.7 Å². The molecule has 1 aromatic carbocycles. The zero-order valence-electron chi connectivity index (χ0n) is 22.0. The lowest BCUT2D eigenvalue weighted by Crippen LogP contribution is -2.42.